The smallest absolute Gasteiger partial charge is 0.354 e. The van der Waals surface area contributed by atoms with Crippen LogP contribution in [0.1, 0.15) is 39.5 Å². The lowest BCUT2D eigenvalue weighted by Crippen LogP contribution is -2.44. The van der Waals surface area contributed by atoms with Crippen molar-refractivity contribution in [2.45, 2.75) is 32.5 Å². The van der Waals surface area contributed by atoms with Gasteiger partial charge in [-0.1, -0.05) is 24.3 Å². The zero-order chi connectivity index (χ0) is 27.7. The van der Waals surface area contributed by atoms with Gasteiger partial charge >= 0.3 is 6.18 Å². The molecule has 1 aliphatic heterocycles. The van der Waals surface area contributed by atoms with Gasteiger partial charge < -0.3 is 15.1 Å². The number of anilines is 1. The van der Waals surface area contributed by atoms with Crippen LogP contribution in [0.4, 0.5) is 27.8 Å². The van der Waals surface area contributed by atoms with Crippen molar-refractivity contribution < 1.29 is 26.7 Å². The molecule has 4 rings (SSSR count). The van der Waals surface area contributed by atoms with Crippen molar-refractivity contribution in [1.82, 2.24) is 15.2 Å². The van der Waals surface area contributed by atoms with E-state index < -0.39 is 29.1 Å². The molecule has 0 atom stereocenters. The number of hydrogen-bond acceptors (Lipinski definition) is 4. The van der Waals surface area contributed by atoms with E-state index in [1.54, 1.807) is 0 Å². The minimum atomic E-state index is -4.81. The molecule has 1 amide bonds. The van der Waals surface area contributed by atoms with E-state index in [1.807, 2.05) is 37.3 Å². The molecule has 2 heterocycles. The lowest BCUT2D eigenvalue weighted by Gasteiger charge is -2.29. The number of hydrogen-bond donors (Lipinski definition) is 1. The molecule has 2 aromatic carbocycles. The van der Waals surface area contributed by atoms with Crippen molar-refractivity contribution in [3.05, 3.63) is 82.5 Å². The van der Waals surface area contributed by atoms with Crippen molar-refractivity contribution in [3.63, 3.8) is 0 Å². The molecule has 0 bridgehead atoms. The Labute approximate surface area is 218 Å². The summed E-state index contributed by atoms with van der Waals surface area (Å²) in [6.45, 7) is 5.30. The first kappa shape index (κ1) is 27.5. The highest BCUT2D eigenvalue weighted by Gasteiger charge is 2.34. The summed E-state index contributed by atoms with van der Waals surface area (Å²) in [5.41, 5.74) is 0.697. The fourth-order valence-electron chi connectivity index (χ4n) is 4.53. The van der Waals surface area contributed by atoms with Crippen molar-refractivity contribution in [2.75, 3.05) is 38.1 Å². The lowest BCUT2D eigenvalue weighted by atomic mass is 9.96. The average Bonchev–Trinajstić information content (AvgIpc) is 2.87. The van der Waals surface area contributed by atoms with Gasteiger partial charge in [-0.25, -0.2) is 13.8 Å². The third kappa shape index (κ3) is 6.12. The van der Waals surface area contributed by atoms with Crippen LogP contribution in [0.3, 0.4) is 0 Å². The third-order valence-electron chi connectivity index (χ3n) is 6.59. The van der Waals surface area contributed by atoms with Crippen LogP contribution in [-0.4, -0.2) is 49.0 Å². The number of pyridine rings is 1. The highest BCUT2D eigenvalue weighted by Crippen LogP contribution is 2.36. The average molecular weight is 533 g/mol. The number of aryl methyl sites for hydroxylation is 1. The molecule has 3 aromatic rings. The molecule has 0 radical (unpaired) electrons. The zero-order valence-corrected chi connectivity index (χ0v) is 21.4. The number of amides is 1. The standard InChI is InChI=1S/C28H29F5N4O/c1-18-6-4-5-7-22(18)23-15-25(37-10-8-34-9-11-37)35-16-24(23)26(38)36(3)17-19-12-20(27(2,29)30)14-21(13-19)28(31,32)33/h4-7,12-16,34H,8-11,17H2,1-3H3. The van der Waals surface area contributed by atoms with E-state index in [0.717, 1.165) is 55.3 Å². The molecule has 38 heavy (non-hydrogen) atoms. The number of rotatable bonds is 6. The Morgan fingerprint density at radius 1 is 1.00 bits per heavy atom. The fourth-order valence-corrected chi connectivity index (χ4v) is 4.53. The molecule has 1 aromatic heterocycles. The number of carbonyl (C=O) groups is 1. The van der Waals surface area contributed by atoms with E-state index in [2.05, 4.69) is 15.2 Å². The second-order valence-electron chi connectivity index (χ2n) is 9.61. The van der Waals surface area contributed by atoms with Gasteiger partial charge in [-0.15, -0.1) is 0 Å². The Morgan fingerprint density at radius 3 is 2.29 bits per heavy atom. The van der Waals surface area contributed by atoms with Crippen LogP contribution in [0.2, 0.25) is 0 Å². The van der Waals surface area contributed by atoms with Crippen molar-refractivity contribution >= 4 is 11.7 Å². The van der Waals surface area contributed by atoms with Gasteiger partial charge in [0.25, 0.3) is 11.8 Å². The maximum absolute atomic E-state index is 14.0. The van der Waals surface area contributed by atoms with E-state index in [0.29, 0.717) is 18.6 Å². The van der Waals surface area contributed by atoms with Crippen molar-refractivity contribution in [3.8, 4) is 11.1 Å². The predicted octanol–water partition coefficient (Wildman–Crippen LogP) is 5.87. The van der Waals surface area contributed by atoms with Crippen LogP contribution < -0.4 is 10.2 Å². The molecular formula is C28H29F5N4O. The maximum Gasteiger partial charge on any atom is 0.416 e. The first-order chi connectivity index (χ1) is 17.8. The predicted molar refractivity (Wildman–Crippen MR) is 136 cm³/mol. The molecule has 10 heteroatoms. The topological polar surface area (TPSA) is 48.5 Å². The molecular weight excluding hydrogens is 503 g/mol. The van der Waals surface area contributed by atoms with E-state index in [4.69, 9.17) is 0 Å². The molecule has 0 saturated carbocycles. The number of nitrogens with zero attached hydrogens (tertiary/aromatic N) is 3. The fraction of sp³-hybridized carbons (Fsp3) is 0.357. The molecule has 1 fully saturated rings. The highest BCUT2D eigenvalue weighted by molar-refractivity contribution is 6.01. The molecule has 1 saturated heterocycles. The number of benzene rings is 2. The zero-order valence-electron chi connectivity index (χ0n) is 21.4. The number of alkyl halides is 5. The minimum Gasteiger partial charge on any atom is -0.354 e. The largest absolute Gasteiger partial charge is 0.416 e. The van der Waals surface area contributed by atoms with Gasteiger partial charge in [-0.2, -0.15) is 13.2 Å². The molecule has 0 unspecified atom stereocenters. The van der Waals surface area contributed by atoms with Gasteiger partial charge in [0, 0.05) is 58.5 Å². The summed E-state index contributed by atoms with van der Waals surface area (Å²) < 4.78 is 68.2. The Bertz CT molecular complexity index is 1280. The van der Waals surface area contributed by atoms with Gasteiger partial charge in [0.2, 0.25) is 0 Å². The summed E-state index contributed by atoms with van der Waals surface area (Å²) in [7, 11) is 1.43. The SMILES string of the molecule is Cc1ccccc1-c1cc(N2CCNCC2)ncc1C(=O)N(C)Cc1cc(C(C)(F)F)cc(C(F)(F)F)c1. The summed E-state index contributed by atoms with van der Waals surface area (Å²) >= 11 is 0. The quantitative estimate of drug-likeness (QED) is 0.404. The monoisotopic (exact) mass is 532 g/mol. The molecule has 0 aliphatic carbocycles. The van der Waals surface area contributed by atoms with Gasteiger partial charge in [0.05, 0.1) is 11.1 Å². The normalized spacial score (nSPS) is 14.5. The van der Waals surface area contributed by atoms with E-state index in [1.165, 1.54) is 18.1 Å². The van der Waals surface area contributed by atoms with Crippen LogP contribution in [0.25, 0.3) is 11.1 Å². The number of nitrogens with one attached hydrogen (secondary N) is 1. The van der Waals surface area contributed by atoms with E-state index >= 15 is 0 Å². The van der Waals surface area contributed by atoms with Gasteiger partial charge in [-0.05, 0) is 53.4 Å². The van der Waals surface area contributed by atoms with Gasteiger partial charge in [-0.3, -0.25) is 4.79 Å². The van der Waals surface area contributed by atoms with Crippen LogP contribution in [0.5, 0.6) is 0 Å². The molecule has 202 valence electrons. The Kier molecular flexibility index (Phi) is 7.73. The van der Waals surface area contributed by atoms with E-state index in [9.17, 15) is 26.7 Å². The number of halogens is 5. The van der Waals surface area contributed by atoms with E-state index in [-0.39, 0.29) is 17.7 Å². The third-order valence-corrected chi connectivity index (χ3v) is 6.59. The van der Waals surface area contributed by atoms with Crippen LogP contribution in [0, 0.1) is 6.92 Å². The van der Waals surface area contributed by atoms with Crippen LogP contribution in [0.15, 0.2) is 54.7 Å². The first-order valence-electron chi connectivity index (χ1n) is 12.2. The second-order valence-corrected chi connectivity index (χ2v) is 9.61. The summed E-state index contributed by atoms with van der Waals surface area (Å²) in [5.74, 6) is -3.23. The van der Waals surface area contributed by atoms with Gasteiger partial charge in [0.1, 0.15) is 5.82 Å². The molecule has 0 spiro atoms. The lowest BCUT2D eigenvalue weighted by molar-refractivity contribution is -0.137. The Balaban J connectivity index is 1.71. The Hall–Kier alpha value is -3.53. The molecule has 1 N–H and O–H groups in total. The van der Waals surface area contributed by atoms with Crippen LogP contribution in [-0.2, 0) is 18.6 Å². The summed E-state index contributed by atoms with van der Waals surface area (Å²) in [4.78, 5) is 21.5. The van der Waals surface area contributed by atoms with Gasteiger partial charge in [0.15, 0.2) is 0 Å². The first-order valence-corrected chi connectivity index (χ1v) is 12.2. The second kappa shape index (κ2) is 10.7. The summed E-state index contributed by atoms with van der Waals surface area (Å²) in [5, 5.41) is 3.29. The Morgan fingerprint density at radius 2 is 1.66 bits per heavy atom. The number of carbonyl (C=O) groups excluding carboxylic acids is 1. The summed E-state index contributed by atoms with van der Waals surface area (Å²) in [6.07, 6.45) is -3.32. The number of aromatic nitrogens is 1. The molecule has 1 aliphatic rings. The maximum atomic E-state index is 14.0. The van der Waals surface area contributed by atoms with Crippen molar-refractivity contribution in [2.24, 2.45) is 0 Å². The van der Waals surface area contributed by atoms with Crippen LogP contribution >= 0.6 is 0 Å². The minimum absolute atomic E-state index is 0.0463. The van der Waals surface area contributed by atoms with Crippen molar-refractivity contribution in [1.29, 1.82) is 0 Å². The summed E-state index contributed by atoms with van der Waals surface area (Å²) in [6, 6.07) is 11.7. The highest BCUT2D eigenvalue weighted by atomic mass is 19.4. The number of piperazine rings is 1. The molecule has 5 nitrogen and oxygen atoms in total.